The Kier molecular flexibility index (Phi) is 6.21. The van der Waals surface area contributed by atoms with E-state index >= 15 is 0 Å². The monoisotopic (exact) mass is 403 g/mol. The molecule has 0 spiro atoms. The van der Waals surface area contributed by atoms with E-state index in [4.69, 9.17) is 9.88 Å². The summed E-state index contributed by atoms with van der Waals surface area (Å²) in [5.74, 6) is -0.198. The number of carbonyl (C=O) groups is 1. The van der Waals surface area contributed by atoms with Gasteiger partial charge in [0.05, 0.1) is 17.6 Å². The predicted molar refractivity (Wildman–Crippen MR) is 109 cm³/mol. The summed E-state index contributed by atoms with van der Waals surface area (Å²) in [6.07, 6.45) is 4.92. The van der Waals surface area contributed by atoms with Crippen molar-refractivity contribution in [2.75, 3.05) is 30.4 Å². The minimum absolute atomic E-state index is 0.102. The molecule has 0 unspecified atom stereocenters. The highest BCUT2D eigenvalue weighted by Crippen LogP contribution is 2.25. The van der Waals surface area contributed by atoms with E-state index in [1.807, 2.05) is 24.3 Å². The van der Waals surface area contributed by atoms with Crippen LogP contribution in [-0.2, 0) is 10.0 Å². The molecule has 0 aromatic heterocycles. The van der Waals surface area contributed by atoms with E-state index in [0.29, 0.717) is 5.69 Å². The second kappa shape index (κ2) is 8.62. The van der Waals surface area contributed by atoms with Crippen LogP contribution in [0.25, 0.3) is 0 Å². The van der Waals surface area contributed by atoms with Gasteiger partial charge in [0.15, 0.2) is 0 Å². The highest BCUT2D eigenvalue weighted by molar-refractivity contribution is 7.89. The minimum atomic E-state index is -3.92. The lowest BCUT2D eigenvalue weighted by molar-refractivity contribution is 0.102. The van der Waals surface area contributed by atoms with Crippen molar-refractivity contribution in [1.82, 2.24) is 0 Å². The quantitative estimate of drug-likeness (QED) is 0.799. The zero-order valence-electron chi connectivity index (χ0n) is 15.8. The smallest absolute Gasteiger partial charge is 0.259 e. The molecule has 7 nitrogen and oxygen atoms in total. The topological polar surface area (TPSA) is 102 Å². The van der Waals surface area contributed by atoms with E-state index in [9.17, 15) is 13.2 Å². The summed E-state index contributed by atoms with van der Waals surface area (Å²) in [7, 11) is -2.50. The van der Waals surface area contributed by atoms with Crippen molar-refractivity contribution in [1.29, 1.82) is 0 Å². The Morgan fingerprint density at radius 1 is 1.04 bits per heavy atom. The SMILES string of the molecule is COc1ccc(S(N)(=O)=O)cc1C(=O)Nc1ccc(N2CCCCCC2)cc1. The average molecular weight is 404 g/mol. The van der Waals surface area contributed by atoms with Gasteiger partial charge in [-0.05, 0) is 55.3 Å². The summed E-state index contributed by atoms with van der Waals surface area (Å²) >= 11 is 0. The van der Waals surface area contributed by atoms with Crippen molar-refractivity contribution in [2.24, 2.45) is 5.14 Å². The molecule has 3 rings (SSSR count). The fourth-order valence-corrected chi connectivity index (χ4v) is 3.86. The van der Waals surface area contributed by atoms with E-state index in [1.54, 1.807) is 0 Å². The maximum Gasteiger partial charge on any atom is 0.259 e. The standard InChI is InChI=1S/C20H25N3O4S/c1-27-19-11-10-17(28(21,25)26)14-18(19)20(24)22-15-6-8-16(9-7-15)23-12-4-2-3-5-13-23/h6-11,14H,2-5,12-13H2,1H3,(H,22,24)(H2,21,25,26). The van der Waals surface area contributed by atoms with Crippen molar-refractivity contribution in [3.05, 3.63) is 48.0 Å². The number of carbonyl (C=O) groups excluding carboxylic acids is 1. The third kappa shape index (κ3) is 4.82. The first-order chi connectivity index (χ1) is 13.4. The minimum Gasteiger partial charge on any atom is -0.496 e. The van der Waals surface area contributed by atoms with Crippen molar-refractivity contribution in [3.63, 3.8) is 0 Å². The molecular formula is C20H25N3O4S. The van der Waals surface area contributed by atoms with Crippen LogP contribution in [-0.4, -0.2) is 34.5 Å². The number of hydrogen-bond acceptors (Lipinski definition) is 5. The number of ether oxygens (including phenoxy) is 1. The number of benzene rings is 2. The fraction of sp³-hybridized carbons (Fsp3) is 0.350. The van der Waals surface area contributed by atoms with Gasteiger partial charge in [-0.3, -0.25) is 4.79 Å². The molecule has 1 heterocycles. The van der Waals surface area contributed by atoms with Crippen LogP contribution >= 0.6 is 0 Å². The summed E-state index contributed by atoms with van der Waals surface area (Å²) in [6.45, 7) is 2.09. The van der Waals surface area contributed by atoms with E-state index in [0.717, 1.165) is 18.8 Å². The summed E-state index contributed by atoms with van der Waals surface area (Å²) in [5.41, 5.74) is 1.85. The maximum atomic E-state index is 12.7. The molecule has 1 aliphatic rings. The number of sulfonamides is 1. The zero-order chi connectivity index (χ0) is 20.1. The second-order valence-corrected chi connectivity index (χ2v) is 8.37. The first-order valence-corrected chi connectivity index (χ1v) is 10.8. The number of amides is 1. The van der Waals surface area contributed by atoms with Gasteiger partial charge in [0.25, 0.3) is 5.91 Å². The molecule has 1 saturated heterocycles. The highest BCUT2D eigenvalue weighted by atomic mass is 32.2. The summed E-state index contributed by atoms with van der Waals surface area (Å²) < 4.78 is 28.3. The predicted octanol–water partition coefficient (Wildman–Crippen LogP) is 2.98. The molecule has 1 amide bonds. The van der Waals surface area contributed by atoms with Crippen LogP contribution in [0.1, 0.15) is 36.0 Å². The molecule has 0 saturated carbocycles. The van der Waals surface area contributed by atoms with Gasteiger partial charge in [-0.25, -0.2) is 13.6 Å². The van der Waals surface area contributed by atoms with Crippen molar-refractivity contribution < 1.29 is 17.9 Å². The number of nitrogens with zero attached hydrogens (tertiary/aromatic N) is 1. The Labute approximate surface area is 165 Å². The molecular weight excluding hydrogens is 378 g/mol. The van der Waals surface area contributed by atoms with Crippen LogP contribution in [0.3, 0.4) is 0 Å². The van der Waals surface area contributed by atoms with Crippen molar-refractivity contribution in [3.8, 4) is 5.75 Å². The van der Waals surface area contributed by atoms with Crippen LogP contribution in [0.15, 0.2) is 47.4 Å². The summed E-state index contributed by atoms with van der Waals surface area (Å²) in [6, 6.07) is 11.6. The van der Waals surface area contributed by atoms with Crippen LogP contribution in [0.2, 0.25) is 0 Å². The Balaban J connectivity index is 1.77. The summed E-state index contributed by atoms with van der Waals surface area (Å²) in [4.78, 5) is 14.9. The van der Waals surface area contributed by atoms with Crippen LogP contribution in [0.5, 0.6) is 5.75 Å². The van der Waals surface area contributed by atoms with Crippen molar-refractivity contribution in [2.45, 2.75) is 30.6 Å². The van der Waals surface area contributed by atoms with Gasteiger partial charge in [-0.2, -0.15) is 0 Å². The van der Waals surface area contributed by atoms with Gasteiger partial charge >= 0.3 is 0 Å². The lowest BCUT2D eigenvalue weighted by atomic mass is 10.1. The molecule has 1 fully saturated rings. The third-order valence-electron chi connectivity index (χ3n) is 4.84. The lowest BCUT2D eigenvalue weighted by Gasteiger charge is -2.22. The van der Waals surface area contributed by atoms with Gasteiger partial charge in [0.2, 0.25) is 10.0 Å². The molecule has 8 heteroatoms. The third-order valence-corrected chi connectivity index (χ3v) is 5.75. The van der Waals surface area contributed by atoms with Gasteiger partial charge in [-0.1, -0.05) is 12.8 Å². The van der Waals surface area contributed by atoms with Crippen LogP contribution in [0, 0.1) is 0 Å². The number of anilines is 2. The van der Waals surface area contributed by atoms with Gasteiger partial charge in [-0.15, -0.1) is 0 Å². The number of primary sulfonamides is 1. The summed E-state index contributed by atoms with van der Waals surface area (Å²) in [5, 5.41) is 7.94. The maximum absolute atomic E-state index is 12.7. The Bertz CT molecular complexity index is 934. The van der Waals surface area contributed by atoms with E-state index < -0.39 is 15.9 Å². The molecule has 150 valence electrons. The van der Waals surface area contributed by atoms with E-state index in [2.05, 4.69) is 10.2 Å². The van der Waals surface area contributed by atoms with E-state index in [-0.39, 0.29) is 16.2 Å². The number of nitrogens with one attached hydrogen (secondary N) is 1. The normalized spacial score (nSPS) is 15.0. The molecule has 1 aliphatic heterocycles. The van der Waals surface area contributed by atoms with Crippen LogP contribution < -0.4 is 20.1 Å². The molecule has 0 aliphatic carbocycles. The molecule has 2 aromatic carbocycles. The Morgan fingerprint density at radius 3 is 2.25 bits per heavy atom. The first kappa shape index (κ1) is 20.2. The second-order valence-electron chi connectivity index (χ2n) is 6.81. The number of nitrogens with two attached hydrogens (primary N) is 1. The van der Waals surface area contributed by atoms with E-state index in [1.165, 1.54) is 51.0 Å². The molecule has 0 atom stereocenters. The zero-order valence-corrected chi connectivity index (χ0v) is 16.7. The number of hydrogen-bond donors (Lipinski definition) is 2. The Hall–Kier alpha value is -2.58. The molecule has 2 aromatic rings. The Morgan fingerprint density at radius 2 is 1.68 bits per heavy atom. The molecule has 28 heavy (non-hydrogen) atoms. The largest absolute Gasteiger partial charge is 0.496 e. The van der Waals surface area contributed by atoms with Crippen molar-refractivity contribution >= 4 is 27.3 Å². The number of methoxy groups -OCH3 is 1. The highest BCUT2D eigenvalue weighted by Gasteiger charge is 2.18. The van der Waals surface area contributed by atoms with Gasteiger partial charge in [0.1, 0.15) is 5.75 Å². The number of rotatable bonds is 5. The molecule has 0 radical (unpaired) electrons. The van der Waals surface area contributed by atoms with Gasteiger partial charge in [0, 0.05) is 24.5 Å². The fourth-order valence-electron chi connectivity index (χ4n) is 3.32. The average Bonchev–Trinajstić information content (AvgIpc) is 2.97. The lowest BCUT2D eigenvalue weighted by Crippen LogP contribution is -2.23. The molecule has 0 bridgehead atoms. The molecule has 3 N–H and O–H groups in total. The first-order valence-electron chi connectivity index (χ1n) is 9.26. The van der Waals surface area contributed by atoms with Gasteiger partial charge < -0.3 is 15.0 Å². The van der Waals surface area contributed by atoms with Crippen LogP contribution in [0.4, 0.5) is 11.4 Å².